The third kappa shape index (κ3) is 4.76. The number of ether oxygens (including phenoxy) is 1. The van der Waals surface area contributed by atoms with E-state index >= 15 is 0 Å². The van der Waals surface area contributed by atoms with Gasteiger partial charge in [-0.15, -0.1) is 0 Å². The van der Waals surface area contributed by atoms with E-state index in [1.54, 1.807) is 12.1 Å². The molecule has 1 rings (SSSR count). The number of carbonyl (C=O) groups is 1. The monoisotopic (exact) mass is 287 g/mol. The van der Waals surface area contributed by atoms with Crippen molar-refractivity contribution in [3.63, 3.8) is 0 Å². The zero-order valence-corrected chi connectivity index (χ0v) is 11.7. The van der Waals surface area contributed by atoms with Gasteiger partial charge in [0.25, 0.3) is 0 Å². The number of hydrogen-bond acceptors (Lipinski definition) is 5. The topological polar surface area (TPSA) is 111 Å². The van der Waals surface area contributed by atoms with Gasteiger partial charge in [0.2, 0.25) is 15.9 Å². The predicted octanol–water partition coefficient (Wildman–Crippen LogP) is 0.154. The molecule has 4 N–H and O–H groups in total. The van der Waals surface area contributed by atoms with E-state index in [-0.39, 0.29) is 0 Å². The zero-order valence-electron chi connectivity index (χ0n) is 10.9. The normalized spacial score (nSPS) is 12.8. The molecule has 0 fully saturated rings. The maximum absolute atomic E-state index is 11.7. The van der Waals surface area contributed by atoms with E-state index in [4.69, 9.17) is 10.5 Å². The minimum atomic E-state index is -3.44. The second kappa shape index (κ2) is 5.89. The Morgan fingerprint density at radius 3 is 2.53 bits per heavy atom. The molecule has 106 valence electrons. The lowest BCUT2D eigenvalue weighted by molar-refractivity contribution is -0.117. The van der Waals surface area contributed by atoms with Crippen LogP contribution >= 0.6 is 0 Å². The summed E-state index contributed by atoms with van der Waals surface area (Å²) < 4.78 is 29.2. The van der Waals surface area contributed by atoms with Crippen LogP contribution < -0.4 is 20.5 Å². The van der Waals surface area contributed by atoms with Gasteiger partial charge in [0.1, 0.15) is 5.75 Å². The molecule has 0 aliphatic carbocycles. The van der Waals surface area contributed by atoms with Crippen LogP contribution in [0, 0.1) is 0 Å². The summed E-state index contributed by atoms with van der Waals surface area (Å²) in [5, 5.41) is 2.55. The molecule has 0 heterocycles. The standard InChI is InChI=1S/C11H17N3O4S/c1-7(14-19(3,16)17)11(15)13-8-4-5-10(18-2)9(12)6-8/h4-7,14H,12H2,1-3H3,(H,13,15). The first-order chi connectivity index (χ1) is 8.73. The van der Waals surface area contributed by atoms with E-state index in [9.17, 15) is 13.2 Å². The van der Waals surface area contributed by atoms with Crippen molar-refractivity contribution >= 4 is 27.3 Å². The van der Waals surface area contributed by atoms with Gasteiger partial charge in [0.05, 0.1) is 25.1 Å². The molecule has 8 heteroatoms. The Labute approximate surface area is 112 Å². The van der Waals surface area contributed by atoms with Crippen LogP contribution in [-0.4, -0.2) is 33.7 Å². The van der Waals surface area contributed by atoms with E-state index in [0.29, 0.717) is 17.1 Å². The average molecular weight is 287 g/mol. The molecule has 0 aliphatic rings. The summed E-state index contributed by atoms with van der Waals surface area (Å²) in [5.74, 6) is 0.0234. The summed E-state index contributed by atoms with van der Waals surface area (Å²) in [6.45, 7) is 1.45. The lowest BCUT2D eigenvalue weighted by atomic mass is 10.2. The van der Waals surface area contributed by atoms with Crippen LogP contribution in [-0.2, 0) is 14.8 Å². The molecule has 1 aromatic carbocycles. The second-order valence-electron chi connectivity index (χ2n) is 4.06. The maximum atomic E-state index is 11.7. The maximum Gasteiger partial charge on any atom is 0.242 e. The number of amides is 1. The Hall–Kier alpha value is -1.80. The van der Waals surface area contributed by atoms with E-state index < -0.39 is 22.0 Å². The van der Waals surface area contributed by atoms with E-state index in [1.165, 1.54) is 20.1 Å². The SMILES string of the molecule is COc1ccc(NC(=O)C(C)NS(C)(=O)=O)cc1N. The molecule has 0 aromatic heterocycles. The van der Waals surface area contributed by atoms with Crippen molar-refractivity contribution in [2.24, 2.45) is 0 Å². The first-order valence-corrected chi connectivity index (χ1v) is 7.34. The minimum absolute atomic E-state index is 0.379. The van der Waals surface area contributed by atoms with Crippen molar-refractivity contribution in [2.45, 2.75) is 13.0 Å². The number of nitrogen functional groups attached to an aromatic ring is 1. The largest absolute Gasteiger partial charge is 0.495 e. The third-order valence-electron chi connectivity index (χ3n) is 2.28. The van der Waals surface area contributed by atoms with Crippen molar-refractivity contribution in [1.82, 2.24) is 4.72 Å². The van der Waals surface area contributed by atoms with E-state index in [1.807, 2.05) is 0 Å². The molecule has 0 saturated heterocycles. The van der Waals surface area contributed by atoms with Gasteiger partial charge in [-0.05, 0) is 25.1 Å². The number of sulfonamides is 1. The molecule has 1 amide bonds. The molecule has 0 bridgehead atoms. The molecule has 1 aromatic rings. The zero-order chi connectivity index (χ0) is 14.6. The lowest BCUT2D eigenvalue weighted by Crippen LogP contribution is -2.40. The van der Waals surface area contributed by atoms with Gasteiger partial charge in [0, 0.05) is 5.69 Å². The van der Waals surface area contributed by atoms with E-state index in [2.05, 4.69) is 10.0 Å². The molecule has 0 spiro atoms. The quantitative estimate of drug-likeness (QED) is 0.668. The first kappa shape index (κ1) is 15.3. The molecule has 0 saturated carbocycles. The van der Waals surface area contributed by atoms with Crippen LogP contribution in [0.2, 0.25) is 0 Å². The summed E-state index contributed by atoms with van der Waals surface area (Å²) in [6.07, 6.45) is 0.988. The highest BCUT2D eigenvalue weighted by Crippen LogP contribution is 2.24. The predicted molar refractivity (Wildman–Crippen MR) is 73.5 cm³/mol. The number of methoxy groups -OCH3 is 1. The van der Waals surface area contributed by atoms with Crippen molar-refractivity contribution < 1.29 is 17.9 Å². The lowest BCUT2D eigenvalue weighted by Gasteiger charge is -2.13. The number of carbonyl (C=O) groups excluding carboxylic acids is 1. The third-order valence-corrected chi connectivity index (χ3v) is 3.06. The number of anilines is 2. The number of rotatable bonds is 5. The fraction of sp³-hybridized carbons (Fsp3) is 0.364. The molecule has 0 radical (unpaired) electrons. The van der Waals surface area contributed by atoms with E-state index in [0.717, 1.165) is 6.26 Å². The Balaban J connectivity index is 2.74. The summed E-state index contributed by atoms with van der Waals surface area (Å²) >= 11 is 0. The van der Waals surface area contributed by atoms with Crippen molar-refractivity contribution in [1.29, 1.82) is 0 Å². The van der Waals surface area contributed by atoms with Gasteiger partial charge in [0.15, 0.2) is 0 Å². The van der Waals surface area contributed by atoms with Gasteiger partial charge in [-0.2, -0.15) is 0 Å². The molecular weight excluding hydrogens is 270 g/mol. The van der Waals surface area contributed by atoms with Gasteiger partial charge >= 0.3 is 0 Å². The fourth-order valence-corrected chi connectivity index (χ4v) is 2.19. The highest BCUT2D eigenvalue weighted by atomic mass is 32.2. The highest BCUT2D eigenvalue weighted by Gasteiger charge is 2.17. The first-order valence-electron chi connectivity index (χ1n) is 5.44. The van der Waals surface area contributed by atoms with Crippen LogP contribution in [0.25, 0.3) is 0 Å². The summed E-state index contributed by atoms with van der Waals surface area (Å²) in [7, 11) is -1.95. The van der Waals surface area contributed by atoms with Crippen LogP contribution in [0.3, 0.4) is 0 Å². The summed E-state index contributed by atoms with van der Waals surface area (Å²) in [4.78, 5) is 11.7. The summed E-state index contributed by atoms with van der Waals surface area (Å²) in [5.41, 5.74) is 6.54. The van der Waals surface area contributed by atoms with Gasteiger partial charge in [-0.25, -0.2) is 13.1 Å². The smallest absolute Gasteiger partial charge is 0.242 e. The average Bonchev–Trinajstić information content (AvgIpc) is 2.27. The Kier molecular flexibility index (Phi) is 4.73. The highest BCUT2D eigenvalue weighted by molar-refractivity contribution is 7.88. The van der Waals surface area contributed by atoms with Crippen LogP contribution in [0.4, 0.5) is 11.4 Å². The van der Waals surface area contributed by atoms with Crippen molar-refractivity contribution in [2.75, 3.05) is 24.4 Å². The molecule has 0 aliphatic heterocycles. The number of benzene rings is 1. The molecular formula is C11H17N3O4S. The van der Waals surface area contributed by atoms with Gasteiger partial charge < -0.3 is 15.8 Å². The minimum Gasteiger partial charge on any atom is -0.495 e. The van der Waals surface area contributed by atoms with Crippen LogP contribution in [0.5, 0.6) is 5.75 Å². The fourth-order valence-electron chi connectivity index (χ4n) is 1.44. The Bertz CT molecular complexity index is 571. The van der Waals surface area contributed by atoms with Crippen LogP contribution in [0.1, 0.15) is 6.92 Å². The second-order valence-corrected chi connectivity index (χ2v) is 5.84. The molecule has 1 atom stereocenters. The number of nitrogens with one attached hydrogen (secondary N) is 2. The molecule has 19 heavy (non-hydrogen) atoms. The Morgan fingerprint density at radius 1 is 1.42 bits per heavy atom. The van der Waals surface area contributed by atoms with Gasteiger partial charge in [-0.1, -0.05) is 0 Å². The number of nitrogens with two attached hydrogens (primary N) is 1. The van der Waals surface area contributed by atoms with Crippen LogP contribution in [0.15, 0.2) is 18.2 Å². The molecule has 1 unspecified atom stereocenters. The van der Waals surface area contributed by atoms with Crippen molar-refractivity contribution in [3.8, 4) is 5.75 Å². The Morgan fingerprint density at radius 2 is 2.05 bits per heavy atom. The molecule has 7 nitrogen and oxygen atoms in total. The van der Waals surface area contributed by atoms with Crippen molar-refractivity contribution in [3.05, 3.63) is 18.2 Å². The number of hydrogen-bond donors (Lipinski definition) is 3. The van der Waals surface area contributed by atoms with Gasteiger partial charge in [-0.3, -0.25) is 4.79 Å². The summed E-state index contributed by atoms with van der Waals surface area (Å²) in [6, 6.07) is 3.88.